The molecule has 2 rings (SSSR count). The molecule has 6 nitrogen and oxygen atoms in total. The van der Waals surface area contributed by atoms with Gasteiger partial charge in [-0.25, -0.2) is 0 Å². The lowest BCUT2D eigenvalue weighted by atomic mass is 9.72. The van der Waals surface area contributed by atoms with Crippen molar-refractivity contribution in [1.82, 2.24) is 5.32 Å². The SMILES string of the molecule is CC(=O)Nc1cccc(OCCNC(=O)CC2(CN)CCCCC2)c1.Cl. The lowest BCUT2D eigenvalue weighted by Crippen LogP contribution is -2.39. The highest BCUT2D eigenvalue weighted by atomic mass is 35.5. The average molecular weight is 384 g/mol. The second kappa shape index (κ2) is 11.0. The molecule has 4 N–H and O–H groups in total. The number of carbonyl (C=O) groups is 2. The van der Waals surface area contributed by atoms with Crippen LogP contribution < -0.4 is 21.1 Å². The smallest absolute Gasteiger partial charge is 0.221 e. The zero-order valence-corrected chi connectivity index (χ0v) is 16.2. The van der Waals surface area contributed by atoms with Gasteiger partial charge in [0.1, 0.15) is 12.4 Å². The predicted molar refractivity (Wildman–Crippen MR) is 106 cm³/mol. The largest absolute Gasteiger partial charge is 0.492 e. The lowest BCUT2D eigenvalue weighted by molar-refractivity contribution is -0.124. The Morgan fingerprint density at radius 2 is 1.96 bits per heavy atom. The third kappa shape index (κ3) is 7.22. The summed E-state index contributed by atoms with van der Waals surface area (Å²) in [5.74, 6) is 0.579. The maximum Gasteiger partial charge on any atom is 0.221 e. The minimum Gasteiger partial charge on any atom is -0.492 e. The van der Waals surface area contributed by atoms with Crippen molar-refractivity contribution < 1.29 is 14.3 Å². The number of benzene rings is 1. The molecule has 1 aromatic rings. The standard InChI is InChI=1S/C19H29N3O3.ClH/c1-15(23)22-16-6-5-7-17(12-16)25-11-10-21-18(24)13-19(14-20)8-3-2-4-9-19;/h5-7,12H,2-4,8-11,13-14,20H2,1H3,(H,21,24)(H,22,23);1H. The minimum absolute atomic E-state index is 0. The van der Waals surface area contributed by atoms with Crippen LogP contribution >= 0.6 is 12.4 Å². The summed E-state index contributed by atoms with van der Waals surface area (Å²) < 4.78 is 5.63. The molecule has 1 aromatic carbocycles. The Balaban J connectivity index is 0.00000338. The summed E-state index contributed by atoms with van der Waals surface area (Å²) in [7, 11) is 0. The number of hydrogen-bond acceptors (Lipinski definition) is 4. The Kier molecular flexibility index (Phi) is 9.44. The Labute approximate surface area is 161 Å². The van der Waals surface area contributed by atoms with E-state index in [1.165, 1.54) is 13.3 Å². The number of amides is 2. The van der Waals surface area contributed by atoms with Crippen LogP contribution in [0, 0.1) is 5.41 Å². The summed E-state index contributed by atoms with van der Waals surface area (Å²) in [6.07, 6.45) is 6.17. The fourth-order valence-corrected chi connectivity index (χ4v) is 3.38. The van der Waals surface area contributed by atoms with Crippen LogP contribution in [0.5, 0.6) is 5.75 Å². The minimum atomic E-state index is -0.124. The third-order valence-electron chi connectivity index (χ3n) is 4.73. The normalized spacial score (nSPS) is 15.5. The van der Waals surface area contributed by atoms with Crippen LogP contribution in [0.3, 0.4) is 0 Å². The highest BCUT2D eigenvalue weighted by Gasteiger charge is 2.32. The van der Waals surface area contributed by atoms with E-state index < -0.39 is 0 Å². The van der Waals surface area contributed by atoms with Gasteiger partial charge in [0.05, 0.1) is 6.54 Å². The molecule has 0 heterocycles. The molecule has 0 spiro atoms. The molecule has 0 aliphatic heterocycles. The van der Waals surface area contributed by atoms with Crippen LogP contribution in [0.4, 0.5) is 5.69 Å². The average Bonchev–Trinajstić information content (AvgIpc) is 2.59. The molecule has 0 aromatic heterocycles. The van der Waals surface area contributed by atoms with Crippen molar-refractivity contribution in [2.45, 2.75) is 45.4 Å². The fourth-order valence-electron chi connectivity index (χ4n) is 3.38. The van der Waals surface area contributed by atoms with Gasteiger partial charge in [0.15, 0.2) is 0 Å². The predicted octanol–water partition coefficient (Wildman–Crippen LogP) is 2.86. The monoisotopic (exact) mass is 383 g/mol. The summed E-state index contributed by atoms with van der Waals surface area (Å²) in [6, 6.07) is 7.19. The maximum absolute atomic E-state index is 12.2. The van der Waals surface area contributed by atoms with Gasteiger partial charge in [-0.2, -0.15) is 0 Å². The number of nitrogens with two attached hydrogens (primary N) is 1. The first-order valence-electron chi connectivity index (χ1n) is 9.00. The molecule has 0 bridgehead atoms. The Morgan fingerprint density at radius 1 is 1.23 bits per heavy atom. The number of rotatable bonds is 8. The zero-order chi connectivity index (χ0) is 18.1. The zero-order valence-electron chi connectivity index (χ0n) is 15.4. The van der Waals surface area contributed by atoms with E-state index in [0.29, 0.717) is 37.6 Å². The molecular formula is C19H30ClN3O3. The molecule has 2 amide bonds. The van der Waals surface area contributed by atoms with Gasteiger partial charge in [0.25, 0.3) is 0 Å². The lowest BCUT2D eigenvalue weighted by Gasteiger charge is -2.35. The van der Waals surface area contributed by atoms with E-state index in [4.69, 9.17) is 10.5 Å². The van der Waals surface area contributed by atoms with E-state index in [-0.39, 0.29) is 29.6 Å². The molecule has 1 fully saturated rings. The van der Waals surface area contributed by atoms with E-state index in [1.807, 2.05) is 12.1 Å². The molecule has 1 aliphatic carbocycles. The van der Waals surface area contributed by atoms with Crippen molar-refractivity contribution in [2.24, 2.45) is 11.1 Å². The van der Waals surface area contributed by atoms with Gasteiger partial charge in [0.2, 0.25) is 11.8 Å². The van der Waals surface area contributed by atoms with E-state index >= 15 is 0 Å². The van der Waals surface area contributed by atoms with Crippen molar-refractivity contribution in [3.63, 3.8) is 0 Å². The van der Waals surface area contributed by atoms with Crippen molar-refractivity contribution in [3.05, 3.63) is 24.3 Å². The van der Waals surface area contributed by atoms with Crippen LogP contribution in [0.2, 0.25) is 0 Å². The second-order valence-electron chi connectivity index (χ2n) is 6.85. The highest BCUT2D eigenvalue weighted by Crippen LogP contribution is 2.38. The van der Waals surface area contributed by atoms with Gasteiger partial charge in [-0.05, 0) is 36.9 Å². The van der Waals surface area contributed by atoms with E-state index in [2.05, 4.69) is 10.6 Å². The number of ether oxygens (including phenoxy) is 1. The third-order valence-corrected chi connectivity index (χ3v) is 4.73. The van der Waals surface area contributed by atoms with Crippen LogP contribution in [0.25, 0.3) is 0 Å². The summed E-state index contributed by atoms with van der Waals surface area (Å²) in [5, 5.41) is 5.63. The number of nitrogens with one attached hydrogen (secondary N) is 2. The van der Waals surface area contributed by atoms with Gasteiger partial charge in [-0.3, -0.25) is 9.59 Å². The van der Waals surface area contributed by atoms with Gasteiger partial charge < -0.3 is 21.1 Å². The summed E-state index contributed by atoms with van der Waals surface area (Å²) in [4.78, 5) is 23.3. The first-order valence-corrected chi connectivity index (χ1v) is 9.00. The first-order chi connectivity index (χ1) is 12.0. The molecule has 1 aliphatic rings. The fraction of sp³-hybridized carbons (Fsp3) is 0.579. The Morgan fingerprint density at radius 3 is 2.62 bits per heavy atom. The van der Waals surface area contributed by atoms with E-state index in [1.54, 1.807) is 12.1 Å². The van der Waals surface area contributed by atoms with Crippen molar-refractivity contribution in [3.8, 4) is 5.75 Å². The van der Waals surface area contributed by atoms with Gasteiger partial charge in [-0.15, -0.1) is 12.4 Å². The molecule has 0 saturated heterocycles. The summed E-state index contributed by atoms with van der Waals surface area (Å²) >= 11 is 0. The Bertz CT molecular complexity index is 589. The van der Waals surface area contributed by atoms with E-state index in [0.717, 1.165) is 25.7 Å². The molecule has 0 unspecified atom stereocenters. The second-order valence-corrected chi connectivity index (χ2v) is 6.85. The van der Waals surface area contributed by atoms with Gasteiger partial charge >= 0.3 is 0 Å². The molecule has 26 heavy (non-hydrogen) atoms. The van der Waals surface area contributed by atoms with Crippen molar-refractivity contribution in [2.75, 3.05) is 25.0 Å². The first kappa shape index (κ1) is 22.3. The maximum atomic E-state index is 12.2. The number of anilines is 1. The molecule has 0 atom stereocenters. The van der Waals surface area contributed by atoms with Gasteiger partial charge in [-0.1, -0.05) is 25.3 Å². The Hall–Kier alpha value is -1.79. The number of hydrogen-bond donors (Lipinski definition) is 3. The summed E-state index contributed by atoms with van der Waals surface area (Å²) in [6.45, 7) is 2.87. The number of halogens is 1. The van der Waals surface area contributed by atoms with Crippen LogP contribution in [0.15, 0.2) is 24.3 Å². The quantitative estimate of drug-likeness (QED) is 0.601. The molecule has 1 saturated carbocycles. The number of carbonyl (C=O) groups excluding carboxylic acids is 2. The molecule has 146 valence electrons. The summed E-state index contributed by atoms with van der Waals surface area (Å²) in [5.41, 5.74) is 6.60. The van der Waals surface area contributed by atoms with E-state index in [9.17, 15) is 9.59 Å². The molecule has 7 heteroatoms. The highest BCUT2D eigenvalue weighted by molar-refractivity contribution is 5.88. The molecule has 0 radical (unpaired) electrons. The molecular weight excluding hydrogens is 354 g/mol. The van der Waals surface area contributed by atoms with Crippen molar-refractivity contribution >= 4 is 29.9 Å². The van der Waals surface area contributed by atoms with Crippen molar-refractivity contribution in [1.29, 1.82) is 0 Å². The van der Waals surface area contributed by atoms with Crippen LogP contribution in [0.1, 0.15) is 45.4 Å². The van der Waals surface area contributed by atoms with Crippen LogP contribution in [-0.2, 0) is 9.59 Å². The van der Waals surface area contributed by atoms with Crippen LogP contribution in [-0.4, -0.2) is 31.5 Å². The van der Waals surface area contributed by atoms with Gasteiger partial charge in [0, 0.05) is 25.1 Å². The topological polar surface area (TPSA) is 93.5 Å².